The summed E-state index contributed by atoms with van der Waals surface area (Å²) in [6.45, 7) is 2.09. The molecule has 0 amide bonds. The molecule has 1 heterocycles. The molecule has 10 heavy (non-hydrogen) atoms. The van der Waals surface area contributed by atoms with E-state index in [9.17, 15) is 0 Å². The average molecular weight is 203 g/mol. The molecule has 0 N–H and O–H groups in total. The van der Waals surface area contributed by atoms with E-state index in [2.05, 4.69) is 28.0 Å². The Hall–Kier alpha value is -0.310. The Balaban J connectivity index is 2.81. The highest BCUT2D eigenvalue weighted by atomic mass is 79.9. The van der Waals surface area contributed by atoms with Crippen LogP contribution < -0.4 is 0 Å². The van der Waals surface area contributed by atoms with Crippen LogP contribution in [0.5, 0.6) is 0 Å². The van der Waals surface area contributed by atoms with Gasteiger partial charge < -0.3 is 0 Å². The minimum Gasteiger partial charge on any atom is -0.275 e. The molecule has 0 saturated heterocycles. The van der Waals surface area contributed by atoms with Crippen LogP contribution in [0.3, 0.4) is 0 Å². The Morgan fingerprint density at radius 2 is 2.40 bits per heavy atom. The summed E-state index contributed by atoms with van der Waals surface area (Å²) >= 11 is 3.38. The van der Waals surface area contributed by atoms with Crippen LogP contribution in [-0.4, -0.2) is 15.1 Å². The highest BCUT2D eigenvalue weighted by molar-refractivity contribution is 9.09. The molecular weight excluding hydrogens is 192 g/mol. The average Bonchev–Trinajstić information content (AvgIpc) is 2.13. The van der Waals surface area contributed by atoms with E-state index in [1.54, 1.807) is 0 Å². The van der Waals surface area contributed by atoms with Crippen molar-refractivity contribution in [3.05, 3.63) is 17.5 Å². The maximum atomic E-state index is 4.29. The summed E-state index contributed by atoms with van der Waals surface area (Å²) in [6, 6.07) is 0. The largest absolute Gasteiger partial charge is 0.275 e. The maximum Gasteiger partial charge on any atom is 0.0661 e. The Bertz CT molecular complexity index is 217. The first-order chi connectivity index (χ1) is 4.74. The molecule has 0 aliphatic rings. The number of hydrogen-bond donors (Lipinski definition) is 0. The summed E-state index contributed by atoms with van der Waals surface area (Å²) in [6.07, 6.45) is 3.06. The molecule has 1 rings (SSSR count). The molecule has 0 saturated carbocycles. The second-order valence-corrected chi connectivity index (χ2v) is 3.16. The number of alkyl halides is 1. The van der Waals surface area contributed by atoms with Gasteiger partial charge in [-0.3, -0.25) is 4.68 Å². The molecule has 56 valence electrons. The Labute approximate surface area is 69.4 Å². The number of halogens is 1. The number of hydrogen-bond acceptors (Lipinski definition) is 1. The maximum absolute atomic E-state index is 4.29. The van der Waals surface area contributed by atoms with Gasteiger partial charge in [0.15, 0.2) is 0 Å². The first kappa shape index (κ1) is 7.79. The predicted molar refractivity (Wildman–Crippen MR) is 45.4 cm³/mol. The lowest BCUT2D eigenvalue weighted by Crippen LogP contribution is -1.92. The Morgan fingerprint density at radius 3 is 2.80 bits per heavy atom. The van der Waals surface area contributed by atoms with E-state index in [1.807, 2.05) is 17.9 Å². The second-order valence-electron chi connectivity index (χ2n) is 2.37. The van der Waals surface area contributed by atoms with E-state index >= 15 is 0 Å². The van der Waals surface area contributed by atoms with Crippen molar-refractivity contribution in [2.24, 2.45) is 7.05 Å². The third-order valence-electron chi connectivity index (χ3n) is 1.45. The summed E-state index contributed by atoms with van der Waals surface area (Å²) in [7, 11) is 1.95. The van der Waals surface area contributed by atoms with Gasteiger partial charge in [0.1, 0.15) is 0 Å². The van der Waals surface area contributed by atoms with Crippen LogP contribution in [-0.2, 0) is 13.5 Å². The minimum atomic E-state index is 0.991. The third kappa shape index (κ3) is 1.59. The van der Waals surface area contributed by atoms with Gasteiger partial charge >= 0.3 is 0 Å². The zero-order chi connectivity index (χ0) is 7.56. The van der Waals surface area contributed by atoms with Crippen LogP contribution in [0.25, 0.3) is 0 Å². The van der Waals surface area contributed by atoms with E-state index in [4.69, 9.17) is 0 Å². The molecule has 0 spiro atoms. The van der Waals surface area contributed by atoms with E-state index < -0.39 is 0 Å². The normalized spacial score (nSPS) is 10.3. The minimum absolute atomic E-state index is 0.991. The van der Waals surface area contributed by atoms with E-state index in [0.717, 1.165) is 11.8 Å². The van der Waals surface area contributed by atoms with Crippen LogP contribution >= 0.6 is 15.9 Å². The van der Waals surface area contributed by atoms with E-state index in [-0.39, 0.29) is 0 Å². The zero-order valence-electron chi connectivity index (χ0n) is 6.26. The summed E-state index contributed by atoms with van der Waals surface area (Å²) in [5, 5.41) is 5.28. The quantitative estimate of drug-likeness (QED) is 0.668. The third-order valence-corrected chi connectivity index (χ3v) is 1.84. The van der Waals surface area contributed by atoms with Gasteiger partial charge in [-0.05, 0) is 12.5 Å². The fourth-order valence-electron chi connectivity index (χ4n) is 0.990. The molecule has 0 unspecified atom stereocenters. The zero-order valence-corrected chi connectivity index (χ0v) is 7.85. The van der Waals surface area contributed by atoms with E-state index in [0.29, 0.717) is 0 Å². The summed E-state index contributed by atoms with van der Waals surface area (Å²) < 4.78 is 1.85. The molecule has 0 fully saturated rings. The molecule has 2 nitrogen and oxygen atoms in total. The molecule has 0 bridgehead atoms. The highest BCUT2D eigenvalue weighted by Crippen LogP contribution is 2.05. The molecule has 3 heteroatoms. The topological polar surface area (TPSA) is 17.8 Å². The van der Waals surface area contributed by atoms with Crippen molar-refractivity contribution in [1.82, 2.24) is 9.78 Å². The fourth-order valence-corrected chi connectivity index (χ4v) is 1.37. The van der Waals surface area contributed by atoms with Crippen LogP contribution in [0, 0.1) is 6.92 Å². The lowest BCUT2D eigenvalue weighted by molar-refractivity contribution is 0.747. The van der Waals surface area contributed by atoms with Gasteiger partial charge in [0.25, 0.3) is 0 Å². The van der Waals surface area contributed by atoms with Crippen LogP contribution in [0.2, 0.25) is 0 Å². The van der Waals surface area contributed by atoms with Crippen molar-refractivity contribution in [1.29, 1.82) is 0 Å². The van der Waals surface area contributed by atoms with Crippen LogP contribution in [0.1, 0.15) is 11.3 Å². The number of aromatic nitrogens is 2. The van der Waals surface area contributed by atoms with Crippen molar-refractivity contribution in [3.63, 3.8) is 0 Å². The van der Waals surface area contributed by atoms with Crippen molar-refractivity contribution < 1.29 is 0 Å². The fraction of sp³-hybridized carbons (Fsp3) is 0.571. The van der Waals surface area contributed by atoms with Gasteiger partial charge in [-0.1, -0.05) is 15.9 Å². The molecule has 0 aromatic carbocycles. The Morgan fingerprint density at radius 1 is 1.70 bits per heavy atom. The van der Waals surface area contributed by atoms with Crippen LogP contribution in [0.4, 0.5) is 0 Å². The Kier molecular flexibility index (Phi) is 2.49. The predicted octanol–water partition coefficient (Wildman–Crippen LogP) is 1.67. The van der Waals surface area contributed by atoms with Crippen molar-refractivity contribution in [2.45, 2.75) is 13.3 Å². The van der Waals surface area contributed by atoms with Gasteiger partial charge in [0.2, 0.25) is 0 Å². The number of rotatable bonds is 2. The smallest absolute Gasteiger partial charge is 0.0661 e. The molecule has 0 radical (unpaired) electrons. The van der Waals surface area contributed by atoms with Crippen molar-refractivity contribution in [3.8, 4) is 0 Å². The van der Waals surface area contributed by atoms with Gasteiger partial charge in [0, 0.05) is 25.0 Å². The SMILES string of the molecule is Cc1cn(C)nc1CCBr. The van der Waals surface area contributed by atoms with Gasteiger partial charge in [0.05, 0.1) is 5.69 Å². The summed E-state index contributed by atoms with van der Waals surface area (Å²) in [5.41, 5.74) is 2.47. The molecule has 1 aromatic heterocycles. The van der Waals surface area contributed by atoms with E-state index in [1.165, 1.54) is 11.3 Å². The van der Waals surface area contributed by atoms with Crippen molar-refractivity contribution >= 4 is 15.9 Å². The summed E-state index contributed by atoms with van der Waals surface area (Å²) in [5.74, 6) is 0. The molecular formula is C7H11BrN2. The van der Waals surface area contributed by atoms with Gasteiger partial charge in [-0.25, -0.2) is 0 Å². The first-order valence-electron chi connectivity index (χ1n) is 3.29. The molecule has 0 atom stereocenters. The first-order valence-corrected chi connectivity index (χ1v) is 4.41. The van der Waals surface area contributed by atoms with Crippen molar-refractivity contribution in [2.75, 3.05) is 5.33 Å². The standard InChI is InChI=1S/C7H11BrN2/c1-6-5-10(2)9-7(6)3-4-8/h5H,3-4H2,1-2H3. The van der Waals surface area contributed by atoms with Crippen LogP contribution in [0.15, 0.2) is 6.20 Å². The lowest BCUT2D eigenvalue weighted by Gasteiger charge is -1.90. The highest BCUT2D eigenvalue weighted by Gasteiger charge is 2.00. The lowest BCUT2D eigenvalue weighted by atomic mass is 10.2. The van der Waals surface area contributed by atoms with Gasteiger partial charge in [-0.15, -0.1) is 0 Å². The monoisotopic (exact) mass is 202 g/mol. The molecule has 0 aliphatic heterocycles. The molecule has 0 aliphatic carbocycles. The number of aryl methyl sites for hydroxylation is 3. The second kappa shape index (κ2) is 3.19. The summed E-state index contributed by atoms with van der Waals surface area (Å²) in [4.78, 5) is 0. The molecule has 1 aromatic rings. The number of nitrogens with zero attached hydrogens (tertiary/aromatic N) is 2. The van der Waals surface area contributed by atoms with Gasteiger partial charge in [-0.2, -0.15) is 5.10 Å².